The molecule has 3 rings (SSSR count). The number of halogens is 4. The normalized spacial score (nSPS) is 14.2. The summed E-state index contributed by atoms with van der Waals surface area (Å²) in [5.74, 6) is -0.476. The molecule has 0 aliphatic heterocycles. The number of hydrogen-bond acceptors (Lipinski definition) is 7. The number of ether oxygens (including phenoxy) is 4. The largest absolute Gasteiger partial charge is 0.489 e. The van der Waals surface area contributed by atoms with E-state index >= 15 is 0 Å². The number of nitrogens with one attached hydrogen (secondary N) is 1. The van der Waals surface area contributed by atoms with Crippen LogP contribution in [0.2, 0.25) is 10.0 Å². The first-order chi connectivity index (χ1) is 17.4. The van der Waals surface area contributed by atoms with Crippen LogP contribution in [0.15, 0.2) is 30.6 Å². The Balaban J connectivity index is 1.84. The number of benzene rings is 1. The van der Waals surface area contributed by atoms with Gasteiger partial charge in [-0.3, -0.25) is 9.78 Å². The topological polar surface area (TPSA) is 96.0 Å². The van der Waals surface area contributed by atoms with Crippen molar-refractivity contribution in [2.24, 2.45) is 5.92 Å². The molecular weight excluding hydrogens is 533 g/mol. The van der Waals surface area contributed by atoms with Gasteiger partial charge < -0.3 is 24.3 Å². The fraction of sp³-hybridized carbons (Fsp3) is 0.480. The van der Waals surface area contributed by atoms with Crippen molar-refractivity contribution in [3.05, 3.63) is 51.8 Å². The fourth-order valence-electron chi connectivity index (χ4n) is 3.23. The molecule has 1 aromatic carbocycles. The first-order valence-electron chi connectivity index (χ1n) is 11.6. The van der Waals surface area contributed by atoms with E-state index < -0.39 is 36.9 Å². The summed E-state index contributed by atoms with van der Waals surface area (Å²) in [5.41, 5.74) is 0.135. The van der Waals surface area contributed by atoms with Crippen LogP contribution >= 0.6 is 23.2 Å². The van der Waals surface area contributed by atoms with Crippen LogP contribution < -0.4 is 14.8 Å². The van der Waals surface area contributed by atoms with Crippen molar-refractivity contribution < 1.29 is 37.3 Å². The second-order valence-electron chi connectivity index (χ2n) is 9.46. The molecule has 202 valence electrons. The van der Waals surface area contributed by atoms with Crippen LogP contribution in [0.5, 0.6) is 11.5 Å². The van der Waals surface area contributed by atoms with Crippen LogP contribution in [0.4, 0.5) is 13.6 Å². The van der Waals surface area contributed by atoms with Gasteiger partial charge in [-0.15, -0.1) is 0 Å². The van der Waals surface area contributed by atoms with Gasteiger partial charge in [0.1, 0.15) is 18.2 Å². The second kappa shape index (κ2) is 12.6. The minimum absolute atomic E-state index is 0.0372. The lowest BCUT2D eigenvalue weighted by atomic mass is 10.0. The maximum Gasteiger partial charge on any atom is 0.408 e. The molecule has 1 aliphatic carbocycles. The first-order valence-corrected chi connectivity index (χ1v) is 12.3. The summed E-state index contributed by atoms with van der Waals surface area (Å²) in [6.45, 7) is 1.89. The Hall–Kier alpha value is -2.85. The van der Waals surface area contributed by atoms with E-state index in [2.05, 4.69) is 15.0 Å². The van der Waals surface area contributed by atoms with Gasteiger partial charge in [0.15, 0.2) is 11.5 Å². The molecule has 8 nitrogen and oxygen atoms in total. The second-order valence-corrected chi connectivity index (χ2v) is 10.3. The third kappa shape index (κ3) is 9.51. The zero-order valence-corrected chi connectivity index (χ0v) is 22.1. The molecule has 0 spiro atoms. The fourth-order valence-corrected chi connectivity index (χ4v) is 3.75. The summed E-state index contributed by atoms with van der Waals surface area (Å²) in [5, 5.41) is 2.84. The number of hydrogen-bond donors (Lipinski definition) is 1. The lowest BCUT2D eigenvalue weighted by molar-refractivity contribution is -0.148. The Morgan fingerprint density at radius 3 is 2.41 bits per heavy atom. The highest BCUT2D eigenvalue weighted by atomic mass is 35.5. The van der Waals surface area contributed by atoms with Gasteiger partial charge in [0.05, 0.1) is 16.7 Å². The number of pyridine rings is 1. The molecular formula is C25H28Cl2F2N2O6. The molecule has 1 fully saturated rings. The van der Waals surface area contributed by atoms with Crippen molar-refractivity contribution in [1.82, 2.24) is 10.3 Å². The number of carbonyl (C=O) groups is 2. The van der Waals surface area contributed by atoms with Crippen LogP contribution in [0.3, 0.4) is 0 Å². The SMILES string of the molecule is CC(C)(C)OC(=O)NCC(=O)O[C@@H](Cc1c(Cl)cncc1Cl)c1ccc(OC(F)F)c(OCC2CC2)c1. The maximum atomic E-state index is 12.9. The number of amides is 1. The minimum atomic E-state index is -3.05. The average Bonchev–Trinajstić information content (AvgIpc) is 3.62. The molecule has 1 heterocycles. The predicted octanol–water partition coefficient (Wildman–Crippen LogP) is 6.13. The molecule has 37 heavy (non-hydrogen) atoms. The van der Waals surface area contributed by atoms with E-state index in [1.54, 1.807) is 20.8 Å². The Morgan fingerprint density at radius 1 is 1.14 bits per heavy atom. The van der Waals surface area contributed by atoms with E-state index in [-0.39, 0.29) is 28.0 Å². The van der Waals surface area contributed by atoms with Crippen molar-refractivity contribution in [2.75, 3.05) is 13.2 Å². The molecule has 1 atom stereocenters. The van der Waals surface area contributed by atoms with Crippen molar-refractivity contribution in [3.8, 4) is 11.5 Å². The molecule has 1 aromatic heterocycles. The molecule has 12 heteroatoms. The summed E-state index contributed by atoms with van der Waals surface area (Å²) < 4.78 is 47.0. The van der Waals surface area contributed by atoms with Crippen LogP contribution in [-0.4, -0.2) is 42.4 Å². The van der Waals surface area contributed by atoms with Crippen LogP contribution in [0.25, 0.3) is 0 Å². The van der Waals surface area contributed by atoms with E-state index in [0.29, 0.717) is 23.7 Å². The van der Waals surface area contributed by atoms with Gasteiger partial charge in [0.25, 0.3) is 0 Å². The van der Waals surface area contributed by atoms with Crippen molar-refractivity contribution in [3.63, 3.8) is 0 Å². The molecule has 1 amide bonds. The van der Waals surface area contributed by atoms with Crippen molar-refractivity contribution in [1.29, 1.82) is 0 Å². The number of nitrogens with zero attached hydrogens (tertiary/aromatic N) is 1. The average molecular weight is 561 g/mol. The van der Waals surface area contributed by atoms with Crippen LogP contribution in [0.1, 0.15) is 50.8 Å². The van der Waals surface area contributed by atoms with E-state index in [1.165, 1.54) is 30.6 Å². The molecule has 1 aliphatic rings. The monoisotopic (exact) mass is 560 g/mol. The zero-order valence-electron chi connectivity index (χ0n) is 20.6. The third-order valence-corrected chi connectivity index (χ3v) is 5.77. The number of carbonyl (C=O) groups excluding carboxylic acids is 2. The predicted molar refractivity (Wildman–Crippen MR) is 132 cm³/mol. The minimum Gasteiger partial charge on any atom is -0.489 e. The van der Waals surface area contributed by atoms with Gasteiger partial charge in [0, 0.05) is 18.8 Å². The number of rotatable bonds is 11. The lowest BCUT2D eigenvalue weighted by Crippen LogP contribution is -2.36. The van der Waals surface area contributed by atoms with E-state index in [0.717, 1.165) is 12.8 Å². The third-order valence-electron chi connectivity index (χ3n) is 5.12. The van der Waals surface area contributed by atoms with Crippen molar-refractivity contribution >= 4 is 35.3 Å². The van der Waals surface area contributed by atoms with Gasteiger partial charge in [0.2, 0.25) is 0 Å². The van der Waals surface area contributed by atoms with Gasteiger partial charge in [-0.05, 0) is 62.8 Å². The van der Waals surface area contributed by atoms with Crippen LogP contribution in [0, 0.1) is 5.92 Å². The Kier molecular flexibility index (Phi) is 9.78. The highest BCUT2D eigenvalue weighted by Gasteiger charge is 2.26. The smallest absolute Gasteiger partial charge is 0.408 e. The molecule has 1 saturated carbocycles. The highest BCUT2D eigenvalue weighted by Crippen LogP contribution is 2.37. The highest BCUT2D eigenvalue weighted by molar-refractivity contribution is 6.35. The number of esters is 1. The number of alkyl carbamates (subject to hydrolysis) is 1. The lowest BCUT2D eigenvalue weighted by Gasteiger charge is -2.22. The summed E-state index contributed by atoms with van der Waals surface area (Å²) in [6, 6.07) is 4.27. The number of alkyl halides is 2. The summed E-state index contributed by atoms with van der Waals surface area (Å²) in [4.78, 5) is 28.5. The van der Waals surface area contributed by atoms with E-state index in [4.69, 9.17) is 37.4 Å². The van der Waals surface area contributed by atoms with Gasteiger partial charge in [-0.25, -0.2) is 4.79 Å². The molecule has 0 bridgehead atoms. The van der Waals surface area contributed by atoms with E-state index in [1.807, 2.05) is 0 Å². The Morgan fingerprint density at radius 2 is 1.81 bits per heavy atom. The van der Waals surface area contributed by atoms with Gasteiger partial charge in [-0.2, -0.15) is 8.78 Å². The standard InChI is InChI=1S/C25H28Cl2F2N2O6/c1-25(2,3)37-24(33)31-12-22(32)35-20(9-16-17(26)10-30-11-18(16)27)15-6-7-19(36-23(28)29)21(8-15)34-13-14-4-5-14/h6-8,10-11,14,20,23H,4-5,9,12-13H2,1-3H3,(H,31,33)/t20-/m0/s1. The zero-order chi connectivity index (χ0) is 27.2. The molecule has 2 aromatic rings. The Labute approximate surface area is 223 Å². The Bertz CT molecular complexity index is 1090. The maximum absolute atomic E-state index is 12.9. The number of aromatic nitrogens is 1. The van der Waals surface area contributed by atoms with E-state index in [9.17, 15) is 18.4 Å². The van der Waals surface area contributed by atoms with Crippen molar-refractivity contribution in [2.45, 2.75) is 58.4 Å². The van der Waals surface area contributed by atoms with Gasteiger partial charge in [-0.1, -0.05) is 29.3 Å². The molecule has 0 radical (unpaired) electrons. The summed E-state index contributed by atoms with van der Waals surface area (Å²) in [6.07, 6.45) is 3.07. The van der Waals surface area contributed by atoms with Crippen LogP contribution in [-0.2, 0) is 20.7 Å². The summed E-state index contributed by atoms with van der Waals surface area (Å²) in [7, 11) is 0. The first kappa shape index (κ1) is 28.7. The molecule has 0 unspecified atom stereocenters. The molecule has 0 saturated heterocycles. The van der Waals surface area contributed by atoms with Gasteiger partial charge >= 0.3 is 18.7 Å². The molecule has 1 N–H and O–H groups in total. The quantitative estimate of drug-likeness (QED) is 0.330. The summed E-state index contributed by atoms with van der Waals surface area (Å²) >= 11 is 12.6.